The van der Waals surface area contributed by atoms with Gasteiger partial charge in [-0.05, 0) is 54.6 Å². The number of hydrogen-bond acceptors (Lipinski definition) is 5. The number of aromatic nitrogens is 4. The van der Waals surface area contributed by atoms with E-state index in [1.54, 1.807) is 0 Å². The summed E-state index contributed by atoms with van der Waals surface area (Å²) in [5.74, 6) is 1.86. The van der Waals surface area contributed by atoms with Crippen LogP contribution in [0.1, 0.15) is 0 Å². The first-order chi connectivity index (χ1) is 25.3. The summed E-state index contributed by atoms with van der Waals surface area (Å²) in [5.41, 5.74) is 9.29. The molecule has 0 bridgehead atoms. The lowest BCUT2D eigenvalue weighted by Gasteiger charge is -2.09. The fraction of sp³-hybridized carbons (Fsp3) is 0. The molecule has 4 heterocycles. The summed E-state index contributed by atoms with van der Waals surface area (Å²) in [4.78, 5) is 14.8. The molecule has 238 valence electrons. The van der Waals surface area contributed by atoms with E-state index in [9.17, 15) is 0 Å². The van der Waals surface area contributed by atoms with E-state index in [2.05, 4.69) is 77.4 Å². The third-order valence-corrected chi connectivity index (χ3v) is 9.85. The Bertz CT molecular complexity index is 3080. The van der Waals surface area contributed by atoms with Crippen molar-refractivity contribution in [2.45, 2.75) is 0 Å². The first-order valence-corrected chi connectivity index (χ1v) is 16.9. The van der Waals surface area contributed by atoms with Crippen molar-refractivity contribution in [2.75, 3.05) is 0 Å². The number of hydrogen-bond donors (Lipinski definition) is 0. The Morgan fingerprint density at radius 1 is 0.373 bits per heavy atom. The maximum atomic E-state index is 6.59. The molecule has 0 aliphatic rings. The third kappa shape index (κ3) is 4.26. The molecule has 0 aliphatic carbocycles. The highest BCUT2D eigenvalue weighted by Gasteiger charge is 2.20. The molecule has 0 radical (unpaired) electrons. The van der Waals surface area contributed by atoms with Gasteiger partial charge in [0.05, 0.1) is 11.0 Å². The van der Waals surface area contributed by atoms with Crippen molar-refractivity contribution in [1.29, 1.82) is 0 Å². The summed E-state index contributed by atoms with van der Waals surface area (Å²) >= 11 is 0. The molecule has 0 aliphatic heterocycles. The predicted molar refractivity (Wildman–Crippen MR) is 205 cm³/mol. The second-order valence-corrected chi connectivity index (χ2v) is 12.8. The Kier molecular flexibility index (Phi) is 5.86. The van der Waals surface area contributed by atoms with E-state index in [1.807, 2.05) is 84.9 Å². The molecule has 6 nitrogen and oxygen atoms in total. The zero-order valence-electron chi connectivity index (χ0n) is 27.1. The molecular formula is C45H26N4O2. The van der Waals surface area contributed by atoms with E-state index >= 15 is 0 Å². The zero-order valence-corrected chi connectivity index (χ0v) is 27.1. The van der Waals surface area contributed by atoms with Crippen molar-refractivity contribution < 1.29 is 8.83 Å². The van der Waals surface area contributed by atoms with Crippen molar-refractivity contribution >= 4 is 65.7 Å². The molecule has 0 saturated heterocycles. The molecule has 7 aromatic carbocycles. The second-order valence-electron chi connectivity index (χ2n) is 12.8. The molecule has 0 atom stereocenters. The van der Waals surface area contributed by atoms with Crippen molar-refractivity contribution in [1.82, 2.24) is 19.5 Å². The fourth-order valence-corrected chi connectivity index (χ4v) is 7.48. The average Bonchev–Trinajstić information content (AvgIpc) is 3.87. The van der Waals surface area contributed by atoms with E-state index in [-0.39, 0.29) is 0 Å². The first kappa shape index (κ1) is 27.9. The van der Waals surface area contributed by atoms with Gasteiger partial charge < -0.3 is 13.4 Å². The zero-order chi connectivity index (χ0) is 33.5. The van der Waals surface area contributed by atoms with Crippen LogP contribution in [0.5, 0.6) is 0 Å². The topological polar surface area (TPSA) is 69.9 Å². The number of furan rings is 2. The Morgan fingerprint density at radius 2 is 0.941 bits per heavy atom. The van der Waals surface area contributed by atoms with Gasteiger partial charge in [0, 0.05) is 54.7 Å². The van der Waals surface area contributed by atoms with Crippen molar-refractivity contribution in [3.05, 3.63) is 158 Å². The summed E-state index contributed by atoms with van der Waals surface area (Å²) in [7, 11) is 0. The van der Waals surface area contributed by atoms with Gasteiger partial charge in [-0.2, -0.15) is 0 Å². The summed E-state index contributed by atoms with van der Waals surface area (Å²) in [6.45, 7) is 0. The number of para-hydroxylation sites is 2. The Morgan fingerprint density at radius 3 is 1.69 bits per heavy atom. The standard InChI is InChI=1S/C45H26N4O2/c1-3-11-27(12-4-1)43-46-44(28-13-5-2-6-14-28)48-45(47-43)29-19-23-39-35(25-29)36-26-30(20-24-40(36)50-39)49-37-17-9-7-15-31(37)33-21-22-34-32-16-8-10-18-38(32)51-42(34)41(33)49/h1-26H. The highest BCUT2D eigenvalue weighted by Crippen LogP contribution is 2.41. The van der Waals surface area contributed by atoms with Crippen LogP contribution in [-0.4, -0.2) is 19.5 Å². The minimum atomic E-state index is 0.602. The number of fused-ring (bicyclic) bond motifs is 10. The maximum absolute atomic E-state index is 6.59. The molecule has 0 spiro atoms. The van der Waals surface area contributed by atoms with Gasteiger partial charge in [0.15, 0.2) is 23.1 Å². The average molecular weight is 655 g/mol. The molecule has 11 rings (SSSR count). The number of nitrogens with zero attached hydrogens (tertiary/aromatic N) is 4. The maximum Gasteiger partial charge on any atom is 0.164 e. The second kappa shape index (κ2) is 10.7. The van der Waals surface area contributed by atoms with Gasteiger partial charge in [-0.15, -0.1) is 0 Å². The minimum Gasteiger partial charge on any atom is -0.456 e. The molecular weight excluding hydrogens is 629 g/mol. The molecule has 6 heteroatoms. The van der Waals surface area contributed by atoms with E-state index in [0.29, 0.717) is 17.5 Å². The van der Waals surface area contributed by atoms with Crippen molar-refractivity contribution in [2.24, 2.45) is 0 Å². The van der Waals surface area contributed by atoms with E-state index < -0.39 is 0 Å². The van der Waals surface area contributed by atoms with Gasteiger partial charge in [-0.1, -0.05) is 103 Å². The Balaban J connectivity index is 1.14. The molecule has 4 aromatic heterocycles. The lowest BCUT2D eigenvalue weighted by molar-refractivity contribution is 0.669. The summed E-state index contributed by atoms with van der Waals surface area (Å²) in [6.07, 6.45) is 0. The first-order valence-electron chi connectivity index (χ1n) is 16.9. The van der Waals surface area contributed by atoms with E-state index in [4.69, 9.17) is 23.8 Å². The number of rotatable bonds is 4. The molecule has 11 aromatic rings. The van der Waals surface area contributed by atoms with Crippen LogP contribution >= 0.6 is 0 Å². The third-order valence-electron chi connectivity index (χ3n) is 9.85. The van der Waals surface area contributed by atoms with Gasteiger partial charge in [0.2, 0.25) is 0 Å². The van der Waals surface area contributed by atoms with Crippen molar-refractivity contribution in [3.63, 3.8) is 0 Å². The van der Waals surface area contributed by atoms with Crippen LogP contribution < -0.4 is 0 Å². The molecule has 0 amide bonds. The number of benzene rings is 7. The molecule has 0 saturated carbocycles. The Labute approximate surface area is 290 Å². The highest BCUT2D eigenvalue weighted by molar-refractivity contribution is 6.21. The smallest absolute Gasteiger partial charge is 0.164 e. The van der Waals surface area contributed by atoms with E-state index in [1.165, 1.54) is 5.39 Å². The van der Waals surface area contributed by atoms with Gasteiger partial charge >= 0.3 is 0 Å². The summed E-state index contributed by atoms with van der Waals surface area (Å²) < 4.78 is 15.3. The van der Waals surface area contributed by atoms with Crippen LogP contribution in [0.4, 0.5) is 0 Å². The van der Waals surface area contributed by atoms with Crippen LogP contribution in [0.3, 0.4) is 0 Å². The van der Waals surface area contributed by atoms with Crippen LogP contribution in [0.2, 0.25) is 0 Å². The van der Waals surface area contributed by atoms with Gasteiger partial charge in [-0.3, -0.25) is 0 Å². The van der Waals surface area contributed by atoms with E-state index in [0.717, 1.165) is 82.7 Å². The quantitative estimate of drug-likeness (QED) is 0.189. The molecule has 51 heavy (non-hydrogen) atoms. The normalized spacial score (nSPS) is 11.9. The van der Waals surface area contributed by atoms with Crippen LogP contribution in [-0.2, 0) is 0 Å². The van der Waals surface area contributed by atoms with Gasteiger partial charge in [-0.25, -0.2) is 15.0 Å². The predicted octanol–water partition coefficient (Wildman–Crippen LogP) is 11.8. The van der Waals surface area contributed by atoms with Crippen LogP contribution in [0.25, 0.3) is 106 Å². The molecule has 0 fully saturated rings. The van der Waals surface area contributed by atoms with Gasteiger partial charge in [0.1, 0.15) is 16.7 Å². The summed E-state index contributed by atoms with van der Waals surface area (Å²) in [5, 5.41) is 6.53. The lowest BCUT2D eigenvalue weighted by atomic mass is 10.1. The lowest BCUT2D eigenvalue weighted by Crippen LogP contribution is -2.00. The molecule has 0 unspecified atom stereocenters. The van der Waals surface area contributed by atoms with Crippen LogP contribution in [0, 0.1) is 0 Å². The van der Waals surface area contributed by atoms with Crippen molar-refractivity contribution in [3.8, 4) is 39.9 Å². The fourth-order valence-electron chi connectivity index (χ4n) is 7.48. The highest BCUT2D eigenvalue weighted by atomic mass is 16.3. The molecule has 0 N–H and O–H groups in total. The van der Waals surface area contributed by atoms with Crippen LogP contribution in [0.15, 0.2) is 167 Å². The summed E-state index contributed by atoms with van der Waals surface area (Å²) in [6, 6.07) is 53.8. The largest absolute Gasteiger partial charge is 0.456 e. The monoisotopic (exact) mass is 654 g/mol. The Hall–Kier alpha value is -7.05. The minimum absolute atomic E-state index is 0.602. The SMILES string of the molecule is c1ccc(-c2nc(-c3ccccc3)nc(-c3ccc4oc5ccc(-n6c7ccccc7c7ccc8c9ccccc9oc8c76)cc5c4c3)n2)cc1. The van der Waals surface area contributed by atoms with Gasteiger partial charge in [0.25, 0.3) is 0 Å².